The molecule has 0 aromatic heterocycles. The zero-order chi connectivity index (χ0) is 15.3. The first-order chi connectivity index (χ1) is 10.1. The topological polar surface area (TPSA) is 38.3 Å². The number of methoxy groups -OCH3 is 1. The summed E-state index contributed by atoms with van der Waals surface area (Å²) in [7, 11) is 1.48. The molecule has 1 N–H and O–H groups in total. The highest BCUT2D eigenvalue weighted by atomic mass is 32.2. The van der Waals surface area contributed by atoms with Crippen molar-refractivity contribution in [2.45, 2.75) is 49.7 Å². The fourth-order valence-electron chi connectivity index (χ4n) is 3.07. The lowest BCUT2D eigenvalue weighted by Crippen LogP contribution is -2.50. The molecule has 2 unspecified atom stereocenters. The first-order valence-electron chi connectivity index (χ1n) is 7.61. The van der Waals surface area contributed by atoms with E-state index in [1.165, 1.54) is 18.2 Å². The first-order valence-corrected chi connectivity index (χ1v) is 8.65. The van der Waals surface area contributed by atoms with Crippen LogP contribution in [0.4, 0.5) is 0 Å². The number of hydrogen-bond acceptors (Lipinski definition) is 4. The first kappa shape index (κ1) is 16.4. The van der Waals surface area contributed by atoms with Crippen molar-refractivity contribution in [1.29, 1.82) is 0 Å². The van der Waals surface area contributed by atoms with Crippen molar-refractivity contribution < 1.29 is 9.53 Å². The third-order valence-electron chi connectivity index (χ3n) is 4.30. The molecule has 2 atom stereocenters. The van der Waals surface area contributed by atoms with Crippen LogP contribution in [0.3, 0.4) is 0 Å². The van der Waals surface area contributed by atoms with Gasteiger partial charge in [-0.25, -0.2) is 0 Å². The minimum absolute atomic E-state index is 0.108. The molecule has 0 radical (unpaired) electrons. The van der Waals surface area contributed by atoms with Crippen LogP contribution in [0.5, 0.6) is 0 Å². The van der Waals surface area contributed by atoms with E-state index in [1.807, 2.05) is 18.7 Å². The molecule has 1 aromatic carbocycles. The summed E-state index contributed by atoms with van der Waals surface area (Å²) in [6, 6.07) is 8.51. The quantitative estimate of drug-likeness (QED) is 0.818. The van der Waals surface area contributed by atoms with Gasteiger partial charge in [0.15, 0.2) is 0 Å². The summed E-state index contributed by atoms with van der Waals surface area (Å²) in [5, 5.41) is 3.88. The number of ether oxygens (including phenoxy) is 1. The number of benzene rings is 1. The van der Waals surface area contributed by atoms with Gasteiger partial charge in [0.1, 0.15) is 5.54 Å². The molecule has 0 saturated heterocycles. The Morgan fingerprint density at radius 3 is 2.90 bits per heavy atom. The van der Waals surface area contributed by atoms with Gasteiger partial charge in [0.2, 0.25) is 0 Å². The summed E-state index contributed by atoms with van der Waals surface area (Å²) < 4.78 is 5.01. The van der Waals surface area contributed by atoms with Crippen LogP contribution < -0.4 is 5.32 Å². The van der Waals surface area contributed by atoms with Crippen LogP contribution in [0.15, 0.2) is 24.3 Å². The number of thioether (sulfide) groups is 1. The van der Waals surface area contributed by atoms with E-state index in [0.29, 0.717) is 5.25 Å². The number of hydrogen-bond donors (Lipinski definition) is 1. The summed E-state index contributed by atoms with van der Waals surface area (Å²) in [4.78, 5) is 12.1. The molecule has 21 heavy (non-hydrogen) atoms. The standard InChI is InChI=1S/C17H25NO2S/c1-4-18-17(16(19)20-3)10-9-15(11-17)21-12-14-8-6-5-7-13(14)2/h5-8,15,18H,4,9-12H2,1-3H3. The summed E-state index contributed by atoms with van der Waals surface area (Å²) in [5.41, 5.74) is 2.27. The van der Waals surface area contributed by atoms with E-state index in [4.69, 9.17) is 4.74 Å². The lowest BCUT2D eigenvalue weighted by Gasteiger charge is -2.27. The summed E-state index contributed by atoms with van der Waals surface area (Å²) in [5.74, 6) is 0.907. The van der Waals surface area contributed by atoms with Crippen LogP contribution in [0.2, 0.25) is 0 Å². The monoisotopic (exact) mass is 307 g/mol. The van der Waals surface area contributed by atoms with E-state index in [9.17, 15) is 4.79 Å². The molecule has 116 valence electrons. The molecule has 1 fully saturated rings. The Bertz CT molecular complexity index is 491. The van der Waals surface area contributed by atoms with Crippen molar-refractivity contribution in [1.82, 2.24) is 5.32 Å². The van der Waals surface area contributed by atoms with Crippen molar-refractivity contribution in [3.05, 3.63) is 35.4 Å². The van der Waals surface area contributed by atoms with Crippen LogP contribution in [0, 0.1) is 6.92 Å². The van der Waals surface area contributed by atoms with E-state index in [2.05, 4.69) is 36.5 Å². The van der Waals surface area contributed by atoms with Gasteiger partial charge in [0.25, 0.3) is 0 Å². The Hall–Kier alpha value is -1.00. The molecule has 0 aliphatic heterocycles. The van der Waals surface area contributed by atoms with Crippen LogP contribution in [-0.4, -0.2) is 30.4 Å². The molecule has 1 aliphatic rings. The number of aryl methyl sites for hydroxylation is 1. The smallest absolute Gasteiger partial charge is 0.326 e. The zero-order valence-electron chi connectivity index (χ0n) is 13.1. The van der Waals surface area contributed by atoms with Gasteiger partial charge in [-0.05, 0) is 43.9 Å². The third-order valence-corrected chi connectivity index (χ3v) is 5.65. The molecule has 1 aliphatic carbocycles. The maximum Gasteiger partial charge on any atom is 0.326 e. The second kappa shape index (κ2) is 7.32. The molecular formula is C17H25NO2S. The van der Waals surface area contributed by atoms with Crippen molar-refractivity contribution in [2.24, 2.45) is 0 Å². The van der Waals surface area contributed by atoms with E-state index in [0.717, 1.165) is 31.6 Å². The number of likely N-dealkylation sites (N-methyl/N-ethyl adjacent to an activating group) is 1. The Morgan fingerprint density at radius 2 is 2.24 bits per heavy atom. The minimum Gasteiger partial charge on any atom is -0.468 e. The summed E-state index contributed by atoms with van der Waals surface area (Å²) in [6.45, 7) is 4.99. The molecule has 0 spiro atoms. The Kier molecular flexibility index (Phi) is 5.71. The highest BCUT2D eigenvalue weighted by Gasteiger charge is 2.45. The van der Waals surface area contributed by atoms with Crippen molar-refractivity contribution in [3.8, 4) is 0 Å². The maximum absolute atomic E-state index is 12.1. The Balaban J connectivity index is 1.95. The van der Waals surface area contributed by atoms with E-state index in [-0.39, 0.29) is 5.97 Å². The normalized spacial score (nSPS) is 25.0. The Labute approximate surface area is 131 Å². The van der Waals surface area contributed by atoms with Gasteiger partial charge in [0.05, 0.1) is 7.11 Å². The van der Waals surface area contributed by atoms with E-state index < -0.39 is 5.54 Å². The largest absolute Gasteiger partial charge is 0.468 e. The van der Waals surface area contributed by atoms with Gasteiger partial charge in [-0.1, -0.05) is 31.2 Å². The molecule has 0 amide bonds. The van der Waals surface area contributed by atoms with Gasteiger partial charge in [0, 0.05) is 11.0 Å². The minimum atomic E-state index is -0.465. The number of rotatable bonds is 6. The fraction of sp³-hybridized carbons (Fsp3) is 0.588. The molecule has 2 rings (SSSR count). The van der Waals surface area contributed by atoms with Crippen LogP contribution in [0.25, 0.3) is 0 Å². The molecule has 0 heterocycles. The van der Waals surface area contributed by atoms with Gasteiger partial charge in [-0.3, -0.25) is 4.79 Å². The third kappa shape index (κ3) is 3.80. The van der Waals surface area contributed by atoms with Crippen molar-refractivity contribution in [3.63, 3.8) is 0 Å². The van der Waals surface area contributed by atoms with Gasteiger partial charge >= 0.3 is 5.97 Å². The second-order valence-corrected chi connectivity index (χ2v) is 6.99. The number of carbonyl (C=O) groups is 1. The number of esters is 1. The van der Waals surface area contributed by atoms with Crippen LogP contribution in [-0.2, 0) is 15.3 Å². The average molecular weight is 307 g/mol. The summed E-state index contributed by atoms with van der Waals surface area (Å²) >= 11 is 1.96. The fourth-order valence-corrected chi connectivity index (χ4v) is 4.50. The zero-order valence-corrected chi connectivity index (χ0v) is 14.0. The number of carbonyl (C=O) groups excluding carboxylic acids is 1. The van der Waals surface area contributed by atoms with Crippen LogP contribution >= 0.6 is 11.8 Å². The predicted molar refractivity (Wildman–Crippen MR) is 88.5 cm³/mol. The molecule has 0 bridgehead atoms. The average Bonchev–Trinajstić information content (AvgIpc) is 2.90. The lowest BCUT2D eigenvalue weighted by molar-refractivity contribution is -0.148. The maximum atomic E-state index is 12.1. The highest BCUT2D eigenvalue weighted by Crippen LogP contribution is 2.39. The summed E-state index contributed by atoms with van der Waals surface area (Å²) in [6.07, 6.45) is 2.81. The van der Waals surface area contributed by atoms with E-state index >= 15 is 0 Å². The number of nitrogens with one attached hydrogen (secondary N) is 1. The molecular weight excluding hydrogens is 282 g/mol. The molecule has 1 saturated carbocycles. The van der Waals surface area contributed by atoms with Crippen molar-refractivity contribution in [2.75, 3.05) is 13.7 Å². The van der Waals surface area contributed by atoms with Gasteiger partial charge < -0.3 is 10.1 Å². The lowest BCUT2D eigenvalue weighted by atomic mass is 9.98. The Morgan fingerprint density at radius 1 is 1.48 bits per heavy atom. The second-order valence-electron chi connectivity index (χ2n) is 5.71. The highest BCUT2D eigenvalue weighted by molar-refractivity contribution is 7.99. The van der Waals surface area contributed by atoms with E-state index in [1.54, 1.807) is 0 Å². The molecule has 4 heteroatoms. The van der Waals surface area contributed by atoms with Crippen LogP contribution in [0.1, 0.15) is 37.3 Å². The van der Waals surface area contributed by atoms with Gasteiger partial charge in [-0.2, -0.15) is 11.8 Å². The SMILES string of the molecule is CCNC1(C(=O)OC)CCC(SCc2ccccc2C)C1. The molecule has 3 nitrogen and oxygen atoms in total. The van der Waals surface area contributed by atoms with Crippen molar-refractivity contribution >= 4 is 17.7 Å². The van der Waals surface area contributed by atoms with Gasteiger partial charge in [-0.15, -0.1) is 0 Å². The molecule has 1 aromatic rings. The predicted octanol–water partition coefficient (Wildman–Crippen LogP) is 3.30.